The number of amides is 2. The van der Waals surface area contributed by atoms with Crippen LogP contribution >= 0.6 is 0 Å². The van der Waals surface area contributed by atoms with Gasteiger partial charge in [0.15, 0.2) is 6.10 Å². The molecule has 8 nitrogen and oxygen atoms in total. The van der Waals surface area contributed by atoms with Crippen LogP contribution in [0.25, 0.3) is 0 Å². The first-order chi connectivity index (χ1) is 13.3. The third-order valence-electron chi connectivity index (χ3n) is 4.97. The molecule has 1 saturated carbocycles. The highest BCUT2D eigenvalue weighted by Crippen LogP contribution is 2.42. The van der Waals surface area contributed by atoms with Crippen molar-refractivity contribution in [3.63, 3.8) is 0 Å². The molecule has 0 saturated heterocycles. The normalized spacial score (nSPS) is 16.3. The summed E-state index contributed by atoms with van der Waals surface area (Å²) in [6.07, 6.45) is 3.39. The fourth-order valence-corrected chi connectivity index (χ4v) is 3.52. The molecule has 1 aliphatic rings. The molecule has 2 amide bonds. The highest BCUT2D eigenvalue weighted by molar-refractivity contribution is 5.85. The van der Waals surface area contributed by atoms with E-state index in [1.165, 1.54) is 6.92 Å². The monoisotopic (exact) mass is 387 g/mol. The molecule has 1 atom stereocenters. The molecule has 1 fully saturated rings. The third-order valence-corrected chi connectivity index (χ3v) is 4.97. The maximum absolute atomic E-state index is 12.3. The van der Waals surface area contributed by atoms with Gasteiger partial charge < -0.3 is 9.84 Å². The molecule has 1 aliphatic carbocycles. The number of benzene rings is 1. The summed E-state index contributed by atoms with van der Waals surface area (Å²) in [5.74, 6) is -1.44. The van der Waals surface area contributed by atoms with Gasteiger partial charge in [-0.2, -0.15) is 5.26 Å². The van der Waals surface area contributed by atoms with E-state index in [9.17, 15) is 19.5 Å². The van der Waals surface area contributed by atoms with E-state index in [0.717, 1.165) is 19.3 Å². The number of hydrogen-bond donors (Lipinski definition) is 3. The molecule has 1 aromatic carbocycles. The van der Waals surface area contributed by atoms with Gasteiger partial charge in [-0.1, -0.05) is 19.3 Å². The Bertz CT molecular complexity index is 748. The second-order valence-corrected chi connectivity index (χ2v) is 7.24. The zero-order valence-corrected chi connectivity index (χ0v) is 15.9. The van der Waals surface area contributed by atoms with Crippen LogP contribution in [0, 0.1) is 16.7 Å². The van der Waals surface area contributed by atoms with E-state index >= 15 is 0 Å². The number of hydrogen-bond acceptors (Lipinski definition) is 5. The zero-order chi connectivity index (χ0) is 20.6. The van der Waals surface area contributed by atoms with Gasteiger partial charge in [0.25, 0.3) is 5.91 Å². The fraction of sp³-hybridized carbons (Fsp3) is 0.500. The number of carbonyl (C=O) groups is 3. The highest BCUT2D eigenvalue weighted by Gasteiger charge is 2.36. The van der Waals surface area contributed by atoms with Gasteiger partial charge in [0.2, 0.25) is 5.91 Å². The smallest absolute Gasteiger partial charge is 0.303 e. The molecule has 1 aromatic rings. The lowest BCUT2D eigenvalue weighted by molar-refractivity contribution is -0.142. The number of hydrazine groups is 1. The van der Waals surface area contributed by atoms with Crippen molar-refractivity contribution in [2.45, 2.75) is 58.0 Å². The van der Waals surface area contributed by atoms with Gasteiger partial charge in [0, 0.05) is 6.42 Å². The summed E-state index contributed by atoms with van der Waals surface area (Å²) >= 11 is 0. The maximum atomic E-state index is 12.3. The number of nitriles is 1. The van der Waals surface area contributed by atoms with Gasteiger partial charge in [0.1, 0.15) is 5.75 Å². The van der Waals surface area contributed by atoms with Crippen molar-refractivity contribution in [2.75, 3.05) is 0 Å². The predicted octanol–water partition coefficient (Wildman–Crippen LogP) is 2.29. The Morgan fingerprint density at radius 2 is 1.79 bits per heavy atom. The molecule has 150 valence electrons. The molecule has 0 aliphatic heterocycles. The largest absolute Gasteiger partial charge is 0.481 e. The Kier molecular flexibility index (Phi) is 7.38. The van der Waals surface area contributed by atoms with Gasteiger partial charge in [-0.3, -0.25) is 25.2 Å². The first-order valence-electron chi connectivity index (χ1n) is 9.31. The van der Waals surface area contributed by atoms with Crippen LogP contribution in [-0.2, 0) is 14.4 Å². The number of rotatable bonds is 7. The van der Waals surface area contributed by atoms with Crippen LogP contribution in [-0.4, -0.2) is 29.0 Å². The quantitative estimate of drug-likeness (QED) is 0.616. The molecule has 0 bridgehead atoms. The molecule has 0 unspecified atom stereocenters. The molecule has 0 heterocycles. The Morgan fingerprint density at radius 1 is 1.14 bits per heavy atom. The van der Waals surface area contributed by atoms with Crippen LogP contribution in [0.3, 0.4) is 0 Å². The van der Waals surface area contributed by atoms with Gasteiger partial charge in [-0.05, 0) is 49.4 Å². The molecule has 2 rings (SSSR count). The summed E-state index contributed by atoms with van der Waals surface area (Å²) < 4.78 is 5.48. The van der Waals surface area contributed by atoms with Gasteiger partial charge in [-0.15, -0.1) is 0 Å². The van der Waals surface area contributed by atoms with E-state index in [-0.39, 0.29) is 12.8 Å². The fourth-order valence-electron chi connectivity index (χ4n) is 3.52. The van der Waals surface area contributed by atoms with E-state index in [2.05, 4.69) is 10.9 Å². The van der Waals surface area contributed by atoms with Gasteiger partial charge >= 0.3 is 5.97 Å². The van der Waals surface area contributed by atoms with Crippen LogP contribution in [0.4, 0.5) is 0 Å². The van der Waals surface area contributed by atoms with Crippen LogP contribution in [0.2, 0.25) is 0 Å². The average Bonchev–Trinajstić information content (AvgIpc) is 2.66. The first kappa shape index (κ1) is 21.2. The lowest BCUT2D eigenvalue weighted by atomic mass is 9.69. The van der Waals surface area contributed by atoms with E-state index in [4.69, 9.17) is 10.00 Å². The Morgan fingerprint density at radius 3 is 2.36 bits per heavy atom. The summed E-state index contributed by atoms with van der Waals surface area (Å²) in [4.78, 5) is 35.6. The summed E-state index contributed by atoms with van der Waals surface area (Å²) in [5.41, 5.74) is 4.61. The molecule has 0 aromatic heterocycles. The van der Waals surface area contributed by atoms with E-state index in [1.54, 1.807) is 24.3 Å². The lowest BCUT2D eigenvalue weighted by Crippen LogP contribution is -2.48. The van der Waals surface area contributed by atoms with Crippen molar-refractivity contribution < 1.29 is 24.2 Å². The minimum absolute atomic E-state index is 0.0490. The number of carboxylic acids is 1. The van der Waals surface area contributed by atoms with E-state index in [1.807, 2.05) is 6.07 Å². The highest BCUT2D eigenvalue weighted by atomic mass is 16.5. The maximum Gasteiger partial charge on any atom is 0.303 e. The van der Waals surface area contributed by atoms with E-state index in [0.29, 0.717) is 24.2 Å². The molecule has 3 N–H and O–H groups in total. The molecular formula is C20H25N3O5. The summed E-state index contributed by atoms with van der Waals surface area (Å²) in [6.45, 7) is 1.53. The molecule has 28 heavy (non-hydrogen) atoms. The topological polar surface area (TPSA) is 129 Å². The molecule has 0 radical (unpaired) electrons. The first-order valence-corrected chi connectivity index (χ1v) is 9.31. The number of carbonyl (C=O) groups excluding carboxylic acids is 2. The van der Waals surface area contributed by atoms with Crippen molar-refractivity contribution >= 4 is 17.8 Å². The number of ether oxygens (including phenoxy) is 1. The minimum Gasteiger partial charge on any atom is -0.481 e. The van der Waals surface area contributed by atoms with Gasteiger partial charge in [-0.25, -0.2) is 0 Å². The Balaban J connectivity index is 1.83. The van der Waals surface area contributed by atoms with Crippen molar-refractivity contribution in [1.82, 2.24) is 10.9 Å². The average molecular weight is 387 g/mol. The van der Waals surface area contributed by atoms with E-state index < -0.39 is 29.3 Å². The predicted molar refractivity (Wildman–Crippen MR) is 99.9 cm³/mol. The molecule has 0 spiro atoms. The van der Waals surface area contributed by atoms with Crippen LogP contribution in [0.1, 0.15) is 57.4 Å². The third kappa shape index (κ3) is 6.27. The van der Waals surface area contributed by atoms with Crippen LogP contribution in [0.5, 0.6) is 5.75 Å². The van der Waals surface area contributed by atoms with Crippen LogP contribution < -0.4 is 15.6 Å². The SMILES string of the molecule is C[C@@H](Oc1ccc(C#N)cc1)C(=O)NNC(=O)CC1(CC(=O)O)CCCCC1. The minimum atomic E-state index is -0.914. The summed E-state index contributed by atoms with van der Waals surface area (Å²) in [6, 6.07) is 8.31. The van der Waals surface area contributed by atoms with Crippen LogP contribution in [0.15, 0.2) is 24.3 Å². The number of nitrogens with one attached hydrogen (secondary N) is 2. The standard InChI is InChI=1S/C20H25N3O5/c1-14(28-16-7-5-15(13-21)6-8-16)19(27)23-22-17(24)11-20(12-18(25)26)9-3-2-4-10-20/h5-8,14H,2-4,9-12H2,1H3,(H,22,24)(H,23,27)(H,25,26)/t14-/m1/s1. The number of nitrogens with zero attached hydrogens (tertiary/aromatic N) is 1. The second kappa shape index (κ2) is 9.74. The summed E-state index contributed by atoms with van der Waals surface area (Å²) in [5, 5.41) is 17.9. The van der Waals surface area contributed by atoms with Crippen molar-refractivity contribution in [2.24, 2.45) is 5.41 Å². The van der Waals surface area contributed by atoms with Crippen molar-refractivity contribution in [1.29, 1.82) is 5.26 Å². The second-order valence-electron chi connectivity index (χ2n) is 7.24. The Hall–Kier alpha value is -3.08. The summed E-state index contributed by atoms with van der Waals surface area (Å²) in [7, 11) is 0. The molecular weight excluding hydrogens is 362 g/mol. The number of carboxylic acid groups (broad SMARTS) is 1. The lowest BCUT2D eigenvalue weighted by Gasteiger charge is -2.35. The van der Waals surface area contributed by atoms with Crippen molar-refractivity contribution in [3.05, 3.63) is 29.8 Å². The van der Waals surface area contributed by atoms with Crippen molar-refractivity contribution in [3.8, 4) is 11.8 Å². The van der Waals surface area contributed by atoms with Gasteiger partial charge in [0.05, 0.1) is 18.1 Å². The Labute approximate surface area is 163 Å². The number of aliphatic carboxylic acids is 1. The zero-order valence-electron chi connectivity index (χ0n) is 15.9. The molecule has 8 heteroatoms.